The summed E-state index contributed by atoms with van der Waals surface area (Å²) >= 11 is 0. The Morgan fingerprint density at radius 3 is 2.48 bits per heavy atom. The Kier molecular flexibility index (Phi) is 4.85. The lowest BCUT2D eigenvalue weighted by atomic mass is 10.1. The fourth-order valence-corrected chi connectivity index (χ4v) is 2.81. The van der Waals surface area contributed by atoms with Gasteiger partial charge in [0.1, 0.15) is 18.1 Å². The number of ether oxygens (including phenoxy) is 1. The molecule has 21 heavy (non-hydrogen) atoms. The molecule has 0 aliphatic carbocycles. The highest BCUT2D eigenvalue weighted by atomic mass is 32.2. The van der Waals surface area contributed by atoms with Crippen molar-refractivity contribution in [1.29, 1.82) is 0 Å². The molecule has 2 aromatic rings. The summed E-state index contributed by atoms with van der Waals surface area (Å²) in [7, 11) is -3.42. The zero-order valence-electron chi connectivity index (χ0n) is 12.2. The molecule has 0 aromatic heterocycles. The molecule has 0 bridgehead atoms. The van der Waals surface area contributed by atoms with Crippen molar-refractivity contribution in [3.8, 4) is 5.75 Å². The van der Waals surface area contributed by atoms with Crippen LogP contribution in [0.25, 0.3) is 0 Å². The first-order chi connectivity index (χ1) is 9.96. The largest absolute Gasteiger partial charge is 0.492 e. The Hall–Kier alpha value is -2.01. The van der Waals surface area contributed by atoms with E-state index in [4.69, 9.17) is 4.74 Å². The summed E-state index contributed by atoms with van der Waals surface area (Å²) in [5.74, 6) is 0.578. The van der Waals surface area contributed by atoms with Crippen LogP contribution in [0.15, 0.2) is 48.5 Å². The second-order valence-electron chi connectivity index (χ2n) is 4.90. The van der Waals surface area contributed by atoms with Crippen LogP contribution in [0.1, 0.15) is 11.1 Å². The van der Waals surface area contributed by atoms with E-state index in [0.29, 0.717) is 11.4 Å². The smallest absolute Gasteiger partial charge is 0.236 e. The number of sulfonamides is 1. The van der Waals surface area contributed by atoms with Crippen LogP contribution < -0.4 is 9.46 Å². The number of aryl methyl sites for hydroxylation is 2. The molecule has 0 amide bonds. The summed E-state index contributed by atoms with van der Waals surface area (Å²) in [5.41, 5.74) is 2.53. The minimum Gasteiger partial charge on any atom is -0.492 e. The standard InChI is InChI=1S/C16H19NO3S/c1-13-8-9-14(2)16(12-13)17-21(18,19)11-10-20-15-6-4-3-5-7-15/h3-9,12,17H,10-11H2,1-2H3. The molecule has 2 aromatic carbocycles. The average molecular weight is 305 g/mol. The number of para-hydroxylation sites is 1. The molecule has 112 valence electrons. The van der Waals surface area contributed by atoms with Gasteiger partial charge in [0.05, 0.1) is 5.69 Å². The minimum atomic E-state index is -3.42. The topological polar surface area (TPSA) is 55.4 Å². The second kappa shape index (κ2) is 6.63. The molecule has 0 spiro atoms. The minimum absolute atomic E-state index is 0.0880. The third-order valence-electron chi connectivity index (χ3n) is 3.02. The number of benzene rings is 2. The summed E-state index contributed by atoms with van der Waals surface area (Å²) in [6.07, 6.45) is 0. The van der Waals surface area contributed by atoms with Crippen molar-refractivity contribution < 1.29 is 13.2 Å². The van der Waals surface area contributed by atoms with Crippen LogP contribution in [0.2, 0.25) is 0 Å². The van der Waals surface area contributed by atoms with E-state index < -0.39 is 10.0 Å². The summed E-state index contributed by atoms with van der Waals surface area (Å²) in [4.78, 5) is 0. The first kappa shape index (κ1) is 15.4. The molecular weight excluding hydrogens is 286 g/mol. The second-order valence-corrected chi connectivity index (χ2v) is 6.74. The molecule has 0 radical (unpaired) electrons. The van der Waals surface area contributed by atoms with Crippen LogP contribution >= 0.6 is 0 Å². The van der Waals surface area contributed by atoms with E-state index in [-0.39, 0.29) is 12.4 Å². The summed E-state index contributed by atoms with van der Waals surface area (Å²) in [5, 5.41) is 0. The van der Waals surface area contributed by atoms with Crippen LogP contribution in [0.3, 0.4) is 0 Å². The van der Waals surface area contributed by atoms with Crippen molar-refractivity contribution in [2.45, 2.75) is 13.8 Å². The van der Waals surface area contributed by atoms with Gasteiger partial charge < -0.3 is 4.74 Å². The highest BCUT2D eigenvalue weighted by Crippen LogP contribution is 2.18. The Morgan fingerprint density at radius 1 is 1.05 bits per heavy atom. The lowest BCUT2D eigenvalue weighted by molar-refractivity contribution is 0.341. The highest BCUT2D eigenvalue weighted by Gasteiger charge is 2.12. The molecule has 0 atom stereocenters. The van der Waals surface area contributed by atoms with Crippen molar-refractivity contribution in [1.82, 2.24) is 0 Å². The van der Waals surface area contributed by atoms with Gasteiger partial charge in [0, 0.05) is 0 Å². The van der Waals surface area contributed by atoms with E-state index in [1.165, 1.54) is 0 Å². The van der Waals surface area contributed by atoms with Gasteiger partial charge in [-0.05, 0) is 43.2 Å². The van der Waals surface area contributed by atoms with Gasteiger partial charge in [0.2, 0.25) is 10.0 Å². The Balaban J connectivity index is 1.94. The van der Waals surface area contributed by atoms with Gasteiger partial charge in [0.25, 0.3) is 0 Å². The predicted octanol–water partition coefficient (Wildman–Crippen LogP) is 3.12. The molecule has 4 nitrogen and oxygen atoms in total. The van der Waals surface area contributed by atoms with E-state index in [1.54, 1.807) is 12.1 Å². The maximum atomic E-state index is 12.1. The number of hydrogen-bond acceptors (Lipinski definition) is 3. The highest BCUT2D eigenvalue weighted by molar-refractivity contribution is 7.92. The van der Waals surface area contributed by atoms with E-state index in [2.05, 4.69) is 4.72 Å². The lowest BCUT2D eigenvalue weighted by Crippen LogP contribution is -2.21. The number of rotatable bonds is 6. The third-order valence-corrected chi connectivity index (χ3v) is 4.26. The van der Waals surface area contributed by atoms with Crippen LogP contribution in [0.5, 0.6) is 5.75 Å². The Bertz CT molecular complexity index is 697. The average Bonchev–Trinajstić information content (AvgIpc) is 2.43. The van der Waals surface area contributed by atoms with Gasteiger partial charge in [0.15, 0.2) is 0 Å². The first-order valence-electron chi connectivity index (χ1n) is 6.72. The van der Waals surface area contributed by atoms with Gasteiger partial charge in [-0.1, -0.05) is 30.3 Å². The first-order valence-corrected chi connectivity index (χ1v) is 8.37. The van der Waals surface area contributed by atoms with Crippen molar-refractivity contribution >= 4 is 15.7 Å². The number of hydrogen-bond donors (Lipinski definition) is 1. The summed E-state index contributed by atoms with van der Waals surface area (Å²) in [6.45, 7) is 3.91. The van der Waals surface area contributed by atoms with Crippen molar-refractivity contribution in [2.24, 2.45) is 0 Å². The van der Waals surface area contributed by atoms with E-state index in [9.17, 15) is 8.42 Å². The zero-order chi connectivity index (χ0) is 15.3. The van der Waals surface area contributed by atoms with Crippen LogP contribution in [0, 0.1) is 13.8 Å². The molecule has 0 aliphatic heterocycles. The number of anilines is 1. The van der Waals surface area contributed by atoms with Gasteiger partial charge >= 0.3 is 0 Å². The van der Waals surface area contributed by atoms with Gasteiger partial charge in [-0.25, -0.2) is 8.42 Å². The van der Waals surface area contributed by atoms with E-state index >= 15 is 0 Å². The van der Waals surface area contributed by atoms with Gasteiger partial charge in [-0.15, -0.1) is 0 Å². The van der Waals surface area contributed by atoms with Crippen molar-refractivity contribution in [3.05, 3.63) is 59.7 Å². The maximum Gasteiger partial charge on any atom is 0.236 e. The molecule has 0 fully saturated rings. The van der Waals surface area contributed by atoms with Crippen molar-refractivity contribution in [3.63, 3.8) is 0 Å². The van der Waals surface area contributed by atoms with Crippen LogP contribution in [0.4, 0.5) is 5.69 Å². The normalized spacial score (nSPS) is 11.1. The lowest BCUT2D eigenvalue weighted by Gasteiger charge is -2.12. The zero-order valence-corrected chi connectivity index (χ0v) is 13.0. The molecule has 0 aliphatic rings. The molecule has 0 heterocycles. The molecule has 0 unspecified atom stereocenters. The van der Waals surface area contributed by atoms with Crippen LogP contribution in [-0.4, -0.2) is 20.8 Å². The van der Waals surface area contributed by atoms with Crippen LogP contribution in [-0.2, 0) is 10.0 Å². The monoisotopic (exact) mass is 305 g/mol. The molecule has 0 saturated heterocycles. The fraction of sp³-hybridized carbons (Fsp3) is 0.250. The molecule has 0 saturated carbocycles. The van der Waals surface area contributed by atoms with Gasteiger partial charge in [-0.3, -0.25) is 4.72 Å². The number of nitrogens with one attached hydrogen (secondary N) is 1. The van der Waals surface area contributed by atoms with E-state index in [1.807, 2.05) is 50.2 Å². The fourth-order valence-electron chi connectivity index (χ4n) is 1.85. The quantitative estimate of drug-likeness (QED) is 0.892. The SMILES string of the molecule is Cc1ccc(C)c(NS(=O)(=O)CCOc2ccccc2)c1. The third kappa shape index (κ3) is 4.79. The summed E-state index contributed by atoms with van der Waals surface area (Å²) < 4.78 is 32.1. The van der Waals surface area contributed by atoms with E-state index in [0.717, 1.165) is 11.1 Å². The predicted molar refractivity (Wildman–Crippen MR) is 85.3 cm³/mol. The van der Waals surface area contributed by atoms with Crippen molar-refractivity contribution in [2.75, 3.05) is 17.1 Å². The molecular formula is C16H19NO3S. The van der Waals surface area contributed by atoms with Gasteiger partial charge in [-0.2, -0.15) is 0 Å². The Morgan fingerprint density at radius 2 is 1.76 bits per heavy atom. The molecule has 1 N–H and O–H groups in total. The molecule has 5 heteroatoms. The summed E-state index contributed by atoms with van der Waals surface area (Å²) in [6, 6.07) is 14.8. The molecule has 2 rings (SSSR count). The maximum absolute atomic E-state index is 12.1. The Labute approximate surface area is 125 Å².